The summed E-state index contributed by atoms with van der Waals surface area (Å²) in [6, 6.07) is 1.14. The van der Waals surface area contributed by atoms with Crippen LogP contribution < -0.4 is 5.56 Å². The Morgan fingerprint density at radius 1 is 1.53 bits per heavy atom. The van der Waals surface area contributed by atoms with Gasteiger partial charge in [-0.15, -0.1) is 0 Å². The molecule has 1 rings (SSSR count). The van der Waals surface area contributed by atoms with Crippen molar-refractivity contribution in [3.63, 3.8) is 0 Å². The van der Waals surface area contributed by atoms with Crippen LogP contribution in [0.3, 0.4) is 0 Å². The second-order valence-corrected chi connectivity index (χ2v) is 5.38. The van der Waals surface area contributed by atoms with Crippen molar-refractivity contribution in [1.82, 2.24) is 9.29 Å². The molecule has 0 radical (unpaired) electrons. The molecule has 0 amide bonds. The molecule has 1 N–H and O–H groups in total. The molecular weight excluding hydrogens is 240 g/mol. The second kappa shape index (κ2) is 4.34. The summed E-state index contributed by atoms with van der Waals surface area (Å²) < 4.78 is 24.7. The summed E-state index contributed by atoms with van der Waals surface area (Å²) in [4.78, 5) is 13.2. The van der Waals surface area contributed by atoms with Crippen LogP contribution in [0.2, 0.25) is 5.02 Å². The summed E-state index contributed by atoms with van der Waals surface area (Å²) >= 11 is 5.54. The van der Waals surface area contributed by atoms with Gasteiger partial charge in [-0.05, 0) is 6.07 Å². The van der Waals surface area contributed by atoms with Crippen molar-refractivity contribution >= 4 is 21.6 Å². The van der Waals surface area contributed by atoms with E-state index in [9.17, 15) is 13.2 Å². The third-order valence-corrected chi connectivity index (χ3v) is 4.18. The third kappa shape index (κ3) is 2.39. The Morgan fingerprint density at radius 3 is 2.60 bits per heavy atom. The van der Waals surface area contributed by atoms with E-state index in [1.807, 2.05) is 0 Å². The zero-order valence-corrected chi connectivity index (χ0v) is 9.89. The van der Waals surface area contributed by atoms with E-state index < -0.39 is 15.6 Å². The first kappa shape index (κ1) is 12.2. The molecule has 0 saturated carbocycles. The lowest BCUT2D eigenvalue weighted by molar-refractivity contribution is 0.486. The summed E-state index contributed by atoms with van der Waals surface area (Å²) in [6.45, 7) is 2.06. The molecule has 0 atom stereocenters. The first-order valence-corrected chi connectivity index (χ1v) is 6.06. The number of pyridine rings is 1. The number of halogens is 1. The predicted molar refractivity (Wildman–Crippen MR) is 57.6 cm³/mol. The topological polar surface area (TPSA) is 70.2 Å². The van der Waals surface area contributed by atoms with Crippen molar-refractivity contribution in [2.75, 3.05) is 13.6 Å². The van der Waals surface area contributed by atoms with E-state index in [2.05, 4.69) is 4.98 Å². The standard InChI is InChI=1S/C8H11ClN2O3S/c1-3-11(2)15(13,14)6-4-7(9)8(12)10-5-6/h4-5H,3H2,1-2H3,(H,10,12). The highest BCUT2D eigenvalue weighted by molar-refractivity contribution is 7.89. The lowest BCUT2D eigenvalue weighted by atomic mass is 10.5. The molecule has 1 aromatic rings. The summed E-state index contributed by atoms with van der Waals surface area (Å²) in [5, 5.41) is -0.138. The molecule has 7 heteroatoms. The van der Waals surface area contributed by atoms with Crippen LogP contribution >= 0.6 is 11.6 Å². The maximum atomic E-state index is 11.8. The van der Waals surface area contributed by atoms with Crippen molar-refractivity contribution in [1.29, 1.82) is 0 Å². The Bertz CT molecular complexity index is 509. The predicted octanol–water partition coefficient (Wildman–Crippen LogP) is 0.669. The zero-order valence-electron chi connectivity index (χ0n) is 8.32. The van der Waals surface area contributed by atoms with E-state index in [0.717, 1.165) is 16.6 Å². The number of H-pyrrole nitrogens is 1. The van der Waals surface area contributed by atoms with Crippen molar-refractivity contribution in [3.8, 4) is 0 Å². The number of nitrogens with one attached hydrogen (secondary N) is 1. The van der Waals surface area contributed by atoms with Gasteiger partial charge in [-0.25, -0.2) is 12.7 Å². The number of nitrogens with zero attached hydrogens (tertiary/aromatic N) is 1. The maximum absolute atomic E-state index is 11.8. The monoisotopic (exact) mass is 250 g/mol. The normalized spacial score (nSPS) is 12.0. The zero-order chi connectivity index (χ0) is 11.6. The molecule has 5 nitrogen and oxygen atoms in total. The first-order chi connectivity index (χ1) is 6.89. The Balaban J connectivity index is 3.29. The van der Waals surface area contributed by atoms with E-state index in [4.69, 9.17) is 11.6 Å². The number of aromatic amines is 1. The van der Waals surface area contributed by atoms with Gasteiger partial charge in [0, 0.05) is 19.8 Å². The van der Waals surface area contributed by atoms with E-state index in [1.165, 1.54) is 7.05 Å². The summed E-state index contributed by atoms with van der Waals surface area (Å²) in [7, 11) is -2.10. The summed E-state index contributed by atoms with van der Waals surface area (Å²) in [5.41, 5.74) is -0.505. The average Bonchev–Trinajstić information content (AvgIpc) is 2.20. The molecule has 0 unspecified atom stereocenters. The van der Waals surface area contributed by atoms with Gasteiger partial charge >= 0.3 is 0 Å². The van der Waals surface area contributed by atoms with Crippen molar-refractivity contribution < 1.29 is 8.42 Å². The molecule has 0 aliphatic heterocycles. The Kier molecular flexibility index (Phi) is 3.54. The van der Waals surface area contributed by atoms with E-state index in [-0.39, 0.29) is 9.92 Å². The molecule has 0 spiro atoms. The quantitative estimate of drug-likeness (QED) is 0.857. The highest BCUT2D eigenvalue weighted by atomic mass is 35.5. The lowest BCUT2D eigenvalue weighted by Crippen LogP contribution is -2.27. The van der Waals surface area contributed by atoms with Crippen LogP contribution in [0.25, 0.3) is 0 Å². The minimum absolute atomic E-state index is 0.0172. The van der Waals surface area contributed by atoms with E-state index in [1.54, 1.807) is 6.92 Å². The molecule has 0 saturated heterocycles. The van der Waals surface area contributed by atoms with Gasteiger partial charge < -0.3 is 4.98 Å². The highest BCUT2D eigenvalue weighted by Gasteiger charge is 2.20. The van der Waals surface area contributed by atoms with Crippen LogP contribution in [-0.2, 0) is 10.0 Å². The van der Waals surface area contributed by atoms with Gasteiger partial charge in [-0.1, -0.05) is 18.5 Å². The van der Waals surface area contributed by atoms with Crippen LogP contribution in [0.1, 0.15) is 6.92 Å². The molecule has 0 aliphatic rings. The summed E-state index contributed by atoms with van der Waals surface area (Å²) in [5.74, 6) is 0. The second-order valence-electron chi connectivity index (χ2n) is 2.93. The van der Waals surface area contributed by atoms with Crippen LogP contribution in [0.15, 0.2) is 22.0 Å². The van der Waals surface area contributed by atoms with Gasteiger partial charge in [0.1, 0.15) is 5.02 Å². The van der Waals surface area contributed by atoms with Gasteiger partial charge in [0.05, 0.1) is 4.90 Å². The fourth-order valence-electron chi connectivity index (χ4n) is 0.937. The number of hydrogen-bond acceptors (Lipinski definition) is 3. The molecule has 84 valence electrons. The molecule has 0 aliphatic carbocycles. The minimum Gasteiger partial charge on any atom is -0.326 e. The van der Waals surface area contributed by atoms with E-state index in [0.29, 0.717) is 6.54 Å². The largest absolute Gasteiger partial charge is 0.326 e. The third-order valence-electron chi connectivity index (χ3n) is 1.98. The maximum Gasteiger partial charge on any atom is 0.266 e. The first-order valence-electron chi connectivity index (χ1n) is 4.24. The van der Waals surface area contributed by atoms with Crippen LogP contribution in [0.4, 0.5) is 0 Å². The fraction of sp³-hybridized carbons (Fsp3) is 0.375. The van der Waals surface area contributed by atoms with Crippen molar-refractivity contribution in [2.45, 2.75) is 11.8 Å². The highest BCUT2D eigenvalue weighted by Crippen LogP contribution is 2.14. The van der Waals surface area contributed by atoms with Gasteiger partial charge in [0.15, 0.2) is 0 Å². The molecule has 0 aromatic carbocycles. The Labute approximate surface area is 92.7 Å². The number of aromatic nitrogens is 1. The van der Waals surface area contributed by atoms with Gasteiger partial charge in [0.2, 0.25) is 10.0 Å². The number of hydrogen-bond donors (Lipinski definition) is 1. The Morgan fingerprint density at radius 2 is 2.13 bits per heavy atom. The minimum atomic E-state index is -3.55. The average molecular weight is 251 g/mol. The van der Waals surface area contributed by atoms with Crippen LogP contribution in [0.5, 0.6) is 0 Å². The number of sulfonamides is 1. The van der Waals surface area contributed by atoms with E-state index >= 15 is 0 Å². The smallest absolute Gasteiger partial charge is 0.266 e. The lowest BCUT2D eigenvalue weighted by Gasteiger charge is -2.14. The van der Waals surface area contributed by atoms with Crippen LogP contribution in [0, 0.1) is 0 Å². The summed E-state index contributed by atoms with van der Waals surface area (Å²) in [6.07, 6.45) is 1.13. The molecule has 1 aromatic heterocycles. The SMILES string of the molecule is CCN(C)S(=O)(=O)c1c[nH]c(=O)c(Cl)c1. The molecule has 0 fully saturated rings. The number of rotatable bonds is 3. The van der Waals surface area contributed by atoms with Gasteiger partial charge in [-0.2, -0.15) is 0 Å². The molecule has 1 heterocycles. The molecular formula is C8H11ClN2O3S. The van der Waals surface area contributed by atoms with Gasteiger partial charge in [-0.3, -0.25) is 4.79 Å². The van der Waals surface area contributed by atoms with Crippen LogP contribution in [-0.4, -0.2) is 31.3 Å². The molecule has 0 bridgehead atoms. The van der Waals surface area contributed by atoms with Crippen molar-refractivity contribution in [2.24, 2.45) is 0 Å². The Hall–Kier alpha value is -0.850. The molecule has 15 heavy (non-hydrogen) atoms. The van der Waals surface area contributed by atoms with Gasteiger partial charge in [0.25, 0.3) is 5.56 Å². The fourth-order valence-corrected chi connectivity index (χ4v) is 2.35. The van der Waals surface area contributed by atoms with Crippen molar-refractivity contribution in [3.05, 3.63) is 27.6 Å².